The van der Waals surface area contributed by atoms with Crippen LogP contribution in [-0.2, 0) is 4.74 Å². The highest BCUT2D eigenvalue weighted by Crippen LogP contribution is 2.37. The van der Waals surface area contributed by atoms with Gasteiger partial charge in [-0.1, -0.05) is 28.9 Å². The fourth-order valence-corrected chi connectivity index (χ4v) is 3.66. The monoisotopic (exact) mass is 325 g/mol. The maximum absolute atomic E-state index is 5.86. The van der Waals surface area contributed by atoms with Gasteiger partial charge in [0.15, 0.2) is 0 Å². The molecule has 1 aliphatic rings. The van der Waals surface area contributed by atoms with Crippen molar-refractivity contribution in [3.8, 4) is 0 Å². The molecule has 106 valence electrons. The Morgan fingerprint density at radius 3 is 2.74 bits per heavy atom. The molecule has 1 fully saturated rings. The maximum Gasteiger partial charge on any atom is 0.0619 e. The fraction of sp³-hybridized carbons (Fsp3) is 0.625. The van der Waals surface area contributed by atoms with Gasteiger partial charge in [-0.15, -0.1) is 0 Å². The molecule has 3 unspecified atom stereocenters. The summed E-state index contributed by atoms with van der Waals surface area (Å²) in [6.07, 6.45) is 2.64. The molecule has 0 amide bonds. The van der Waals surface area contributed by atoms with Crippen LogP contribution in [0, 0.1) is 19.8 Å². The molecule has 1 aliphatic heterocycles. The van der Waals surface area contributed by atoms with E-state index in [2.05, 4.69) is 61.2 Å². The summed E-state index contributed by atoms with van der Waals surface area (Å²) in [6, 6.07) is 4.93. The first kappa shape index (κ1) is 15.0. The van der Waals surface area contributed by atoms with Crippen LogP contribution in [0.1, 0.15) is 42.5 Å². The number of aryl methyl sites for hydroxylation is 2. The summed E-state index contributed by atoms with van der Waals surface area (Å²) in [7, 11) is 2.06. The van der Waals surface area contributed by atoms with E-state index in [9.17, 15) is 0 Å². The third-order valence-electron chi connectivity index (χ3n) is 4.28. The second-order valence-electron chi connectivity index (χ2n) is 5.49. The number of hydrogen-bond donors (Lipinski definition) is 1. The highest BCUT2D eigenvalue weighted by molar-refractivity contribution is 9.10. The molecule has 0 aromatic heterocycles. The van der Waals surface area contributed by atoms with Crippen LogP contribution in [-0.4, -0.2) is 19.8 Å². The molecule has 1 aromatic carbocycles. The molecule has 1 heterocycles. The van der Waals surface area contributed by atoms with Gasteiger partial charge < -0.3 is 10.1 Å². The Balaban J connectivity index is 2.34. The zero-order valence-corrected chi connectivity index (χ0v) is 13.9. The average molecular weight is 326 g/mol. The lowest BCUT2D eigenvalue weighted by Crippen LogP contribution is -2.31. The minimum absolute atomic E-state index is 0.388. The molecule has 0 radical (unpaired) electrons. The van der Waals surface area contributed by atoms with E-state index in [4.69, 9.17) is 4.74 Å². The first-order valence-electron chi connectivity index (χ1n) is 7.14. The summed E-state index contributed by atoms with van der Waals surface area (Å²) in [6.45, 7) is 7.47. The van der Waals surface area contributed by atoms with Crippen LogP contribution < -0.4 is 5.32 Å². The quantitative estimate of drug-likeness (QED) is 0.898. The Hall–Kier alpha value is -0.380. The molecule has 0 bridgehead atoms. The van der Waals surface area contributed by atoms with E-state index < -0.39 is 0 Å². The fourth-order valence-electron chi connectivity index (χ4n) is 3.21. The molecular weight excluding hydrogens is 302 g/mol. The molecule has 19 heavy (non-hydrogen) atoms. The van der Waals surface area contributed by atoms with Gasteiger partial charge in [-0.25, -0.2) is 0 Å². The summed E-state index contributed by atoms with van der Waals surface area (Å²) in [5.74, 6) is 0.578. The number of rotatable bonds is 4. The second kappa shape index (κ2) is 6.38. The zero-order valence-electron chi connectivity index (χ0n) is 12.3. The Morgan fingerprint density at radius 1 is 1.37 bits per heavy atom. The normalized spacial score (nSPS) is 24.7. The van der Waals surface area contributed by atoms with E-state index in [0.29, 0.717) is 18.1 Å². The predicted molar refractivity (Wildman–Crippen MR) is 83.6 cm³/mol. The number of halogens is 1. The van der Waals surface area contributed by atoms with Crippen molar-refractivity contribution in [2.45, 2.75) is 45.8 Å². The number of hydrogen-bond acceptors (Lipinski definition) is 2. The molecule has 3 heteroatoms. The van der Waals surface area contributed by atoms with E-state index in [1.807, 2.05) is 0 Å². The predicted octanol–water partition coefficient (Wildman–Crippen LogP) is 4.14. The van der Waals surface area contributed by atoms with Crippen LogP contribution in [0.2, 0.25) is 0 Å². The first-order chi connectivity index (χ1) is 9.08. The van der Waals surface area contributed by atoms with Gasteiger partial charge in [0, 0.05) is 23.0 Å². The lowest BCUT2D eigenvalue weighted by atomic mass is 9.84. The van der Waals surface area contributed by atoms with Gasteiger partial charge in [0.2, 0.25) is 0 Å². The first-order valence-corrected chi connectivity index (χ1v) is 7.93. The zero-order chi connectivity index (χ0) is 14.0. The second-order valence-corrected chi connectivity index (χ2v) is 6.35. The summed E-state index contributed by atoms with van der Waals surface area (Å²) < 4.78 is 7.06. The topological polar surface area (TPSA) is 21.3 Å². The van der Waals surface area contributed by atoms with Crippen molar-refractivity contribution in [1.29, 1.82) is 0 Å². The average Bonchev–Trinajstić information content (AvgIpc) is 2.84. The summed E-state index contributed by atoms with van der Waals surface area (Å²) in [4.78, 5) is 0. The minimum Gasteiger partial charge on any atom is -0.378 e. The van der Waals surface area contributed by atoms with Crippen LogP contribution in [0.15, 0.2) is 16.6 Å². The van der Waals surface area contributed by atoms with E-state index in [1.165, 1.54) is 21.2 Å². The van der Waals surface area contributed by atoms with Gasteiger partial charge in [-0.05, 0) is 56.5 Å². The third-order valence-corrected chi connectivity index (χ3v) is 5.14. The van der Waals surface area contributed by atoms with Crippen molar-refractivity contribution in [3.63, 3.8) is 0 Å². The van der Waals surface area contributed by atoms with E-state index in [0.717, 1.165) is 19.4 Å². The van der Waals surface area contributed by atoms with E-state index in [1.54, 1.807) is 0 Å². The van der Waals surface area contributed by atoms with Crippen molar-refractivity contribution in [3.05, 3.63) is 33.3 Å². The van der Waals surface area contributed by atoms with Crippen molar-refractivity contribution >= 4 is 15.9 Å². The Bertz CT molecular complexity index is 447. The van der Waals surface area contributed by atoms with Crippen molar-refractivity contribution in [1.82, 2.24) is 5.32 Å². The van der Waals surface area contributed by atoms with Crippen molar-refractivity contribution < 1.29 is 4.74 Å². The van der Waals surface area contributed by atoms with E-state index in [-0.39, 0.29) is 0 Å². The number of ether oxygens (including phenoxy) is 1. The lowest BCUT2D eigenvalue weighted by Gasteiger charge is -2.29. The smallest absolute Gasteiger partial charge is 0.0619 e. The van der Waals surface area contributed by atoms with Crippen LogP contribution >= 0.6 is 15.9 Å². The Morgan fingerprint density at radius 2 is 2.11 bits per heavy atom. The van der Waals surface area contributed by atoms with Crippen LogP contribution in [0.5, 0.6) is 0 Å². The molecule has 1 aromatic rings. The highest BCUT2D eigenvalue weighted by Gasteiger charge is 2.34. The molecule has 1 saturated heterocycles. The van der Waals surface area contributed by atoms with Crippen molar-refractivity contribution in [2.75, 3.05) is 13.7 Å². The Labute approximate surface area is 125 Å². The Kier molecular flexibility index (Phi) is 5.04. The molecule has 1 N–H and O–H groups in total. The maximum atomic E-state index is 5.86. The molecule has 0 spiro atoms. The summed E-state index contributed by atoms with van der Waals surface area (Å²) in [5, 5.41) is 3.52. The molecular formula is C16H24BrNO. The standard InChI is InChI=1S/C16H24BrNO/c1-5-15-12(6-7-19-15)16(18-4)13-8-11(3)14(17)9-10(13)2/h8-9,12,15-16,18H,5-7H2,1-4H3. The summed E-state index contributed by atoms with van der Waals surface area (Å²) in [5.41, 5.74) is 4.06. The number of benzene rings is 1. The van der Waals surface area contributed by atoms with Gasteiger partial charge >= 0.3 is 0 Å². The number of nitrogens with one attached hydrogen (secondary N) is 1. The van der Waals surface area contributed by atoms with Gasteiger partial charge in [0.1, 0.15) is 0 Å². The molecule has 2 nitrogen and oxygen atoms in total. The van der Waals surface area contributed by atoms with E-state index >= 15 is 0 Å². The molecule has 0 saturated carbocycles. The van der Waals surface area contributed by atoms with Gasteiger partial charge in [-0.2, -0.15) is 0 Å². The van der Waals surface area contributed by atoms with Crippen LogP contribution in [0.4, 0.5) is 0 Å². The van der Waals surface area contributed by atoms with Crippen LogP contribution in [0.3, 0.4) is 0 Å². The summed E-state index contributed by atoms with van der Waals surface area (Å²) >= 11 is 3.62. The molecule has 3 atom stereocenters. The minimum atomic E-state index is 0.388. The van der Waals surface area contributed by atoms with Crippen LogP contribution in [0.25, 0.3) is 0 Å². The van der Waals surface area contributed by atoms with Gasteiger partial charge in [-0.3, -0.25) is 0 Å². The third kappa shape index (κ3) is 3.04. The molecule has 2 rings (SSSR count). The lowest BCUT2D eigenvalue weighted by molar-refractivity contribution is 0.0782. The largest absolute Gasteiger partial charge is 0.378 e. The van der Waals surface area contributed by atoms with Gasteiger partial charge in [0.25, 0.3) is 0 Å². The SMILES string of the molecule is CCC1OCCC1C(NC)c1cc(C)c(Br)cc1C. The van der Waals surface area contributed by atoms with Crippen molar-refractivity contribution in [2.24, 2.45) is 5.92 Å². The van der Waals surface area contributed by atoms with Gasteiger partial charge in [0.05, 0.1) is 6.10 Å². The highest BCUT2D eigenvalue weighted by atomic mass is 79.9. The molecule has 0 aliphatic carbocycles.